The molecule has 2 unspecified atom stereocenters. The number of carbonyl (C=O) groups excluding carboxylic acids is 1. The Morgan fingerprint density at radius 3 is 2.93 bits per heavy atom. The summed E-state index contributed by atoms with van der Waals surface area (Å²) in [6.45, 7) is 0. The lowest BCUT2D eigenvalue weighted by Crippen LogP contribution is -2.34. The third-order valence-electron chi connectivity index (χ3n) is 2.51. The lowest BCUT2D eigenvalue weighted by atomic mass is 9.98. The van der Waals surface area contributed by atoms with Crippen molar-refractivity contribution in [2.45, 2.75) is 18.4 Å². The Morgan fingerprint density at radius 1 is 1.57 bits per heavy atom. The van der Waals surface area contributed by atoms with E-state index in [0.29, 0.717) is 0 Å². The molecule has 1 aromatic carbocycles. The number of hydrogen-bond donors (Lipinski definition) is 2. The van der Waals surface area contributed by atoms with E-state index < -0.39 is 0 Å². The van der Waals surface area contributed by atoms with Gasteiger partial charge in [-0.05, 0) is 23.6 Å². The predicted molar refractivity (Wildman–Crippen MR) is 56.1 cm³/mol. The number of rotatable bonds is 1. The average molecular weight is 212 g/mol. The molecule has 2 atom stereocenters. The summed E-state index contributed by atoms with van der Waals surface area (Å²) in [5.74, 6) is -0.651. The molecule has 0 aliphatic heterocycles. The summed E-state index contributed by atoms with van der Waals surface area (Å²) < 4.78 is 0. The second-order valence-corrected chi connectivity index (χ2v) is 3.37. The van der Waals surface area contributed by atoms with Crippen LogP contribution >= 0.6 is 12.4 Å². The lowest BCUT2D eigenvalue weighted by molar-refractivity contribution is -0.119. The van der Waals surface area contributed by atoms with Gasteiger partial charge in [-0.1, -0.05) is 18.2 Å². The van der Waals surface area contributed by atoms with Gasteiger partial charge in [-0.15, -0.1) is 12.4 Å². The first-order valence-corrected chi connectivity index (χ1v) is 4.24. The van der Waals surface area contributed by atoms with Gasteiger partial charge in [-0.25, -0.2) is 0 Å². The van der Waals surface area contributed by atoms with Gasteiger partial charge in [0.15, 0.2) is 0 Å². The van der Waals surface area contributed by atoms with E-state index in [-0.39, 0.29) is 30.3 Å². The SMILES string of the molecule is Cl.NC(=O)C1c2cc[c]cc2CC1N. The highest BCUT2D eigenvalue weighted by molar-refractivity contribution is 5.85. The Morgan fingerprint density at radius 2 is 2.29 bits per heavy atom. The number of primary amides is 1. The van der Waals surface area contributed by atoms with E-state index in [4.69, 9.17) is 11.5 Å². The van der Waals surface area contributed by atoms with Crippen LogP contribution in [0.5, 0.6) is 0 Å². The second-order valence-electron chi connectivity index (χ2n) is 3.37. The summed E-state index contributed by atoms with van der Waals surface area (Å²) in [7, 11) is 0. The van der Waals surface area contributed by atoms with Crippen molar-refractivity contribution in [3.8, 4) is 0 Å². The van der Waals surface area contributed by atoms with Crippen molar-refractivity contribution in [3.63, 3.8) is 0 Å². The van der Waals surface area contributed by atoms with E-state index in [0.717, 1.165) is 17.5 Å². The smallest absolute Gasteiger partial charge is 0.226 e. The number of halogens is 1. The lowest BCUT2D eigenvalue weighted by Gasteiger charge is -2.11. The maximum Gasteiger partial charge on any atom is 0.226 e. The molecule has 3 nitrogen and oxygen atoms in total. The van der Waals surface area contributed by atoms with Gasteiger partial charge >= 0.3 is 0 Å². The van der Waals surface area contributed by atoms with Crippen molar-refractivity contribution >= 4 is 18.3 Å². The molecule has 2 rings (SSSR count). The van der Waals surface area contributed by atoms with Crippen molar-refractivity contribution in [2.75, 3.05) is 0 Å². The molecule has 1 aromatic rings. The molecule has 0 saturated heterocycles. The van der Waals surface area contributed by atoms with Crippen molar-refractivity contribution in [3.05, 3.63) is 35.4 Å². The van der Waals surface area contributed by atoms with Crippen LogP contribution in [0.2, 0.25) is 0 Å². The minimum atomic E-state index is -0.336. The molecule has 75 valence electrons. The fourth-order valence-corrected chi connectivity index (χ4v) is 1.92. The van der Waals surface area contributed by atoms with Crippen LogP contribution < -0.4 is 11.5 Å². The second kappa shape index (κ2) is 3.98. The largest absolute Gasteiger partial charge is 0.369 e. The van der Waals surface area contributed by atoms with Crippen LogP contribution in [0, 0.1) is 6.07 Å². The van der Waals surface area contributed by atoms with Crippen molar-refractivity contribution < 1.29 is 4.79 Å². The molecule has 4 N–H and O–H groups in total. The third kappa shape index (κ3) is 1.61. The number of benzene rings is 1. The van der Waals surface area contributed by atoms with E-state index >= 15 is 0 Å². The molecular formula is C10H12ClN2O. The predicted octanol–water partition coefficient (Wildman–Crippen LogP) is 0.361. The molecule has 1 aliphatic carbocycles. The van der Waals surface area contributed by atoms with E-state index in [1.165, 1.54) is 0 Å². The molecule has 0 fully saturated rings. The molecule has 0 heterocycles. The normalized spacial score (nSPS) is 23.8. The molecule has 0 spiro atoms. The Hall–Kier alpha value is -1.06. The molecule has 0 saturated carbocycles. The molecule has 1 aliphatic rings. The molecule has 4 heteroatoms. The first-order chi connectivity index (χ1) is 6.20. The Bertz CT molecular complexity index is 354. The van der Waals surface area contributed by atoms with Gasteiger partial charge in [0.25, 0.3) is 0 Å². The summed E-state index contributed by atoms with van der Waals surface area (Å²) in [6, 6.07) is 8.33. The molecule has 0 bridgehead atoms. The van der Waals surface area contributed by atoms with Gasteiger partial charge in [-0.2, -0.15) is 0 Å². The molecule has 0 aromatic heterocycles. The Kier molecular flexibility index (Phi) is 3.13. The fourth-order valence-electron chi connectivity index (χ4n) is 1.92. The van der Waals surface area contributed by atoms with E-state index in [9.17, 15) is 4.79 Å². The molecule has 14 heavy (non-hydrogen) atoms. The van der Waals surface area contributed by atoms with E-state index in [1.54, 1.807) is 6.07 Å². The highest BCUT2D eigenvalue weighted by Crippen LogP contribution is 2.31. The fraction of sp³-hybridized carbons (Fsp3) is 0.300. The summed E-state index contributed by atoms with van der Waals surface area (Å²) in [4.78, 5) is 11.1. The molecule has 1 amide bonds. The zero-order valence-corrected chi connectivity index (χ0v) is 8.38. The van der Waals surface area contributed by atoms with Crippen molar-refractivity contribution in [2.24, 2.45) is 11.5 Å². The van der Waals surface area contributed by atoms with Gasteiger partial charge < -0.3 is 11.5 Å². The number of hydrogen-bond acceptors (Lipinski definition) is 2. The first-order valence-electron chi connectivity index (χ1n) is 4.24. The average Bonchev–Trinajstić information content (AvgIpc) is 2.39. The van der Waals surface area contributed by atoms with Gasteiger partial charge in [0, 0.05) is 6.04 Å². The monoisotopic (exact) mass is 211 g/mol. The van der Waals surface area contributed by atoms with Gasteiger partial charge in [0.05, 0.1) is 5.92 Å². The molecule has 1 radical (unpaired) electrons. The highest BCUT2D eigenvalue weighted by Gasteiger charge is 2.33. The summed E-state index contributed by atoms with van der Waals surface area (Å²) in [5, 5.41) is 0. The van der Waals surface area contributed by atoms with E-state index in [2.05, 4.69) is 6.07 Å². The zero-order chi connectivity index (χ0) is 9.42. The maximum atomic E-state index is 11.1. The quantitative estimate of drug-likeness (QED) is 0.705. The van der Waals surface area contributed by atoms with Crippen molar-refractivity contribution in [1.82, 2.24) is 0 Å². The van der Waals surface area contributed by atoms with Crippen LogP contribution in [0.15, 0.2) is 18.2 Å². The minimum Gasteiger partial charge on any atom is -0.369 e. The molecular weight excluding hydrogens is 200 g/mol. The van der Waals surface area contributed by atoms with Crippen LogP contribution in [0.1, 0.15) is 17.0 Å². The standard InChI is InChI=1S/C10H11N2O.ClH/c11-8-5-6-3-1-2-4-7(6)9(8)10(12)13;/h2-4,8-9H,5,11H2,(H2,12,13);1H. The summed E-state index contributed by atoms with van der Waals surface area (Å²) in [5.41, 5.74) is 13.2. The number of carbonyl (C=O) groups is 1. The zero-order valence-electron chi connectivity index (χ0n) is 7.57. The Labute approximate surface area is 88.9 Å². The van der Waals surface area contributed by atoms with Crippen LogP contribution in [0.3, 0.4) is 0 Å². The van der Waals surface area contributed by atoms with Gasteiger partial charge in [0.1, 0.15) is 0 Å². The van der Waals surface area contributed by atoms with E-state index in [1.807, 2.05) is 12.1 Å². The van der Waals surface area contributed by atoms with Crippen LogP contribution in [0.4, 0.5) is 0 Å². The third-order valence-corrected chi connectivity index (χ3v) is 2.51. The highest BCUT2D eigenvalue weighted by atomic mass is 35.5. The van der Waals surface area contributed by atoms with Gasteiger partial charge in [0.2, 0.25) is 5.91 Å². The van der Waals surface area contributed by atoms with Gasteiger partial charge in [-0.3, -0.25) is 4.79 Å². The van der Waals surface area contributed by atoms with Crippen LogP contribution in [0.25, 0.3) is 0 Å². The minimum absolute atomic E-state index is 0. The van der Waals surface area contributed by atoms with Crippen LogP contribution in [-0.4, -0.2) is 11.9 Å². The summed E-state index contributed by atoms with van der Waals surface area (Å²) in [6.07, 6.45) is 0.722. The number of nitrogens with two attached hydrogens (primary N) is 2. The Balaban J connectivity index is 0.000000980. The van der Waals surface area contributed by atoms with Crippen LogP contribution in [-0.2, 0) is 11.2 Å². The topological polar surface area (TPSA) is 69.1 Å². The number of amides is 1. The first kappa shape index (κ1) is 11.0. The van der Waals surface area contributed by atoms with Crippen molar-refractivity contribution in [1.29, 1.82) is 0 Å². The maximum absolute atomic E-state index is 11.1. The number of fused-ring (bicyclic) bond motifs is 1. The summed E-state index contributed by atoms with van der Waals surface area (Å²) >= 11 is 0.